The molecule has 2 spiro atoms. The van der Waals surface area contributed by atoms with Gasteiger partial charge in [-0.15, -0.1) is 0 Å². The summed E-state index contributed by atoms with van der Waals surface area (Å²) in [5.74, 6) is 1.04. The third kappa shape index (κ3) is 1.75. The Morgan fingerprint density at radius 2 is 2.13 bits per heavy atom. The van der Waals surface area contributed by atoms with Crippen molar-refractivity contribution in [2.45, 2.75) is 49.3 Å². The SMILES string of the molecule is CCOC(=O)C1C[C@@]23C=C[C@]1(OC)[C@@H]1Oc4c(OC)ccc5c4C12CCN(C)C3C5. The van der Waals surface area contributed by atoms with Crippen LogP contribution in [-0.2, 0) is 26.1 Å². The summed E-state index contributed by atoms with van der Waals surface area (Å²) < 4.78 is 24.3. The zero-order valence-electron chi connectivity index (χ0n) is 18.1. The van der Waals surface area contributed by atoms with Crippen LogP contribution < -0.4 is 9.47 Å². The summed E-state index contributed by atoms with van der Waals surface area (Å²) in [6, 6.07) is 4.54. The van der Waals surface area contributed by atoms with Crippen molar-refractivity contribution in [1.82, 2.24) is 4.90 Å². The third-order valence-electron chi connectivity index (χ3n) is 8.85. The number of hydrogen-bond acceptors (Lipinski definition) is 6. The molecular weight excluding hydrogens is 382 g/mol. The highest BCUT2D eigenvalue weighted by Crippen LogP contribution is 2.74. The van der Waals surface area contributed by atoms with Crippen LogP contribution in [0.2, 0.25) is 0 Å². The Labute approximate surface area is 177 Å². The van der Waals surface area contributed by atoms with Crippen molar-refractivity contribution in [2.24, 2.45) is 11.3 Å². The quantitative estimate of drug-likeness (QED) is 0.561. The first-order valence-electron chi connectivity index (χ1n) is 11.0. The fourth-order valence-corrected chi connectivity index (χ4v) is 7.72. The Balaban J connectivity index is 1.65. The van der Waals surface area contributed by atoms with E-state index >= 15 is 0 Å². The Morgan fingerprint density at radius 1 is 1.30 bits per heavy atom. The molecule has 0 N–H and O–H groups in total. The average molecular weight is 411 g/mol. The Hall–Kier alpha value is -2.05. The second-order valence-electron chi connectivity index (χ2n) is 9.49. The molecule has 30 heavy (non-hydrogen) atoms. The van der Waals surface area contributed by atoms with E-state index < -0.39 is 5.60 Å². The molecule has 2 heterocycles. The molecule has 0 aromatic heterocycles. The van der Waals surface area contributed by atoms with E-state index in [2.05, 4.69) is 30.2 Å². The molecule has 2 fully saturated rings. The van der Waals surface area contributed by atoms with Gasteiger partial charge in [-0.1, -0.05) is 18.2 Å². The molecule has 1 aromatic carbocycles. The van der Waals surface area contributed by atoms with Gasteiger partial charge in [-0.05, 0) is 51.4 Å². The highest BCUT2D eigenvalue weighted by Gasteiger charge is 2.80. The number of methoxy groups -OCH3 is 2. The second-order valence-corrected chi connectivity index (χ2v) is 9.49. The van der Waals surface area contributed by atoms with Crippen molar-refractivity contribution in [3.63, 3.8) is 0 Å². The van der Waals surface area contributed by atoms with Crippen LogP contribution in [0.5, 0.6) is 11.5 Å². The minimum Gasteiger partial charge on any atom is -0.493 e. The number of ether oxygens (including phenoxy) is 4. The minimum absolute atomic E-state index is 0.184. The normalized spacial score (nSPS) is 41.9. The summed E-state index contributed by atoms with van der Waals surface area (Å²) in [7, 11) is 5.61. The number of likely N-dealkylation sites (N-methyl/N-ethyl adjacent to an activating group) is 1. The van der Waals surface area contributed by atoms with E-state index in [1.54, 1.807) is 14.2 Å². The van der Waals surface area contributed by atoms with Gasteiger partial charge in [0, 0.05) is 24.1 Å². The molecule has 2 aliphatic heterocycles. The van der Waals surface area contributed by atoms with Gasteiger partial charge in [0.25, 0.3) is 0 Å². The average Bonchev–Trinajstić information content (AvgIpc) is 3.13. The number of benzene rings is 1. The standard InChI is InChI=1S/C24H29NO5/c1-5-29-20(26)15-13-22-8-9-24(15,28-4)21-23(22)10-11-25(2)17(22)12-14-6-7-16(27-3)19(30-21)18(14)23/h6-9,15,17,21H,5,10-13H2,1-4H3/t15?,17?,21-,22-,23?,24-/m1/s1. The van der Waals surface area contributed by atoms with E-state index in [1.807, 2.05) is 13.0 Å². The van der Waals surface area contributed by atoms with E-state index in [4.69, 9.17) is 18.9 Å². The first-order chi connectivity index (χ1) is 14.5. The predicted molar refractivity (Wildman–Crippen MR) is 110 cm³/mol. The van der Waals surface area contributed by atoms with Crippen molar-refractivity contribution < 1.29 is 23.7 Å². The van der Waals surface area contributed by atoms with Gasteiger partial charge in [0.2, 0.25) is 0 Å². The van der Waals surface area contributed by atoms with Crippen LogP contribution in [0.15, 0.2) is 24.3 Å². The zero-order chi connectivity index (χ0) is 20.9. The van der Waals surface area contributed by atoms with Crippen LogP contribution in [0.1, 0.15) is 30.9 Å². The van der Waals surface area contributed by atoms with Gasteiger partial charge < -0.3 is 23.8 Å². The lowest BCUT2D eigenvalue weighted by Gasteiger charge is -2.70. The smallest absolute Gasteiger partial charge is 0.312 e. The molecule has 6 nitrogen and oxygen atoms in total. The van der Waals surface area contributed by atoms with E-state index in [0.29, 0.717) is 12.6 Å². The maximum atomic E-state index is 13.2. The van der Waals surface area contributed by atoms with E-state index in [9.17, 15) is 4.79 Å². The van der Waals surface area contributed by atoms with Crippen LogP contribution in [0.3, 0.4) is 0 Å². The number of piperidine rings is 1. The summed E-state index contributed by atoms with van der Waals surface area (Å²) in [6.45, 7) is 3.22. The molecule has 1 aromatic rings. The summed E-state index contributed by atoms with van der Waals surface area (Å²) in [4.78, 5) is 15.7. The third-order valence-corrected chi connectivity index (χ3v) is 8.85. The molecule has 7 rings (SSSR count). The molecular formula is C24H29NO5. The monoisotopic (exact) mass is 411 g/mol. The molecule has 4 bridgehead atoms. The van der Waals surface area contributed by atoms with Crippen molar-refractivity contribution in [3.05, 3.63) is 35.4 Å². The molecule has 1 saturated heterocycles. The number of fused-ring (bicyclic) bond motifs is 1. The molecule has 6 aliphatic rings. The number of hydrogen-bond donors (Lipinski definition) is 0. The summed E-state index contributed by atoms with van der Waals surface area (Å²) in [5.41, 5.74) is 1.40. The second kappa shape index (κ2) is 5.80. The van der Waals surface area contributed by atoms with Crippen LogP contribution >= 0.6 is 0 Å². The van der Waals surface area contributed by atoms with E-state index in [-0.39, 0.29) is 28.8 Å². The molecule has 6 heteroatoms. The molecule has 1 saturated carbocycles. The molecule has 160 valence electrons. The van der Waals surface area contributed by atoms with Crippen LogP contribution in [0, 0.1) is 11.3 Å². The fraction of sp³-hybridized carbons (Fsp3) is 0.625. The summed E-state index contributed by atoms with van der Waals surface area (Å²) >= 11 is 0. The van der Waals surface area contributed by atoms with Crippen molar-refractivity contribution in [1.29, 1.82) is 0 Å². The Bertz CT molecular complexity index is 975. The van der Waals surface area contributed by atoms with Crippen LogP contribution in [0.4, 0.5) is 0 Å². The number of carbonyl (C=O) groups excluding carboxylic acids is 1. The fourth-order valence-electron chi connectivity index (χ4n) is 7.72. The lowest BCUT2D eigenvalue weighted by Crippen LogP contribution is -2.79. The number of nitrogens with zero attached hydrogens (tertiary/aromatic N) is 1. The minimum atomic E-state index is -0.840. The Kier molecular flexibility index (Phi) is 3.61. The van der Waals surface area contributed by atoms with Crippen LogP contribution in [-0.4, -0.2) is 63.0 Å². The number of rotatable bonds is 4. The van der Waals surface area contributed by atoms with Gasteiger partial charge in [0.1, 0.15) is 11.7 Å². The van der Waals surface area contributed by atoms with Crippen molar-refractivity contribution in [3.8, 4) is 11.5 Å². The maximum absolute atomic E-state index is 13.2. The number of carbonyl (C=O) groups is 1. The highest BCUT2D eigenvalue weighted by molar-refractivity contribution is 5.78. The summed E-state index contributed by atoms with van der Waals surface area (Å²) in [6.07, 6.45) is 6.86. The molecule has 6 atom stereocenters. The lowest BCUT2D eigenvalue weighted by molar-refractivity contribution is -0.221. The van der Waals surface area contributed by atoms with E-state index in [1.165, 1.54) is 11.1 Å². The first-order valence-corrected chi connectivity index (χ1v) is 11.0. The van der Waals surface area contributed by atoms with Crippen molar-refractivity contribution in [2.75, 3.05) is 34.4 Å². The lowest BCUT2D eigenvalue weighted by atomic mass is 9.37. The van der Waals surface area contributed by atoms with Crippen molar-refractivity contribution >= 4 is 5.97 Å². The van der Waals surface area contributed by atoms with Gasteiger partial charge in [-0.3, -0.25) is 4.79 Å². The zero-order valence-corrected chi connectivity index (χ0v) is 18.1. The predicted octanol–water partition coefficient (Wildman–Crippen LogP) is 2.48. The largest absolute Gasteiger partial charge is 0.493 e. The topological polar surface area (TPSA) is 57.2 Å². The van der Waals surface area contributed by atoms with Gasteiger partial charge >= 0.3 is 5.97 Å². The van der Waals surface area contributed by atoms with E-state index in [0.717, 1.165) is 37.3 Å². The number of likely N-dealkylation sites (tertiary alicyclic amines) is 1. The molecule has 3 unspecified atom stereocenters. The molecule has 0 radical (unpaired) electrons. The van der Waals surface area contributed by atoms with Gasteiger partial charge in [-0.2, -0.15) is 0 Å². The Morgan fingerprint density at radius 3 is 2.87 bits per heavy atom. The van der Waals surface area contributed by atoms with Gasteiger partial charge in [0.05, 0.1) is 25.0 Å². The highest BCUT2D eigenvalue weighted by atomic mass is 16.6. The van der Waals surface area contributed by atoms with Crippen LogP contribution in [0.25, 0.3) is 0 Å². The summed E-state index contributed by atoms with van der Waals surface area (Å²) in [5, 5.41) is 0. The molecule has 0 amide bonds. The molecule has 4 aliphatic carbocycles. The maximum Gasteiger partial charge on any atom is 0.312 e. The van der Waals surface area contributed by atoms with Gasteiger partial charge in [-0.25, -0.2) is 0 Å². The first kappa shape index (κ1) is 18.7. The number of esters is 1. The van der Waals surface area contributed by atoms with Gasteiger partial charge in [0.15, 0.2) is 11.5 Å².